The van der Waals surface area contributed by atoms with E-state index in [1.165, 1.54) is 83.8 Å². The average Bonchev–Trinajstić information content (AvgIpc) is 3.14. The summed E-state index contributed by atoms with van der Waals surface area (Å²) in [5.41, 5.74) is 7.16. The van der Waals surface area contributed by atoms with Gasteiger partial charge in [-0.3, -0.25) is 0 Å². The van der Waals surface area contributed by atoms with Crippen molar-refractivity contribution in [1.82, 2.24) is 4.90 Å². The van der Waals surface area contributed by atoms with Crippen LogP contribution in [-0.2, 0) is 0 Å². The number of hydrogen-bond acceptors (Lipinski definition) is 2. The molecule has 0 aromatic carbocycles. The highest BCUT2D eigenvalue weighted by molar-refractivity contribution is 4.97. The molecule has 1 aliphatic heterocycles. The van der Waals surface area contributed by atoms with Gasteiger partial charge in [0.25, 0.3) is 0 Å². The minimum absolute atomic E-state index is 0.645. The van der Waals surface area contributed by atoms with Crippen molar-refractivity contribution in [3.05, 3.63) is 0 Å². The number of rotatable bonds is 4. The Kier molecular flexibility index (Phi) is 3.68. The molecular weight excluding hydrogens is 220 g/mol. The highest BCUT2D eigenvalue weighted by atomic mass is 15.1. The van der Waals surface area contributed by atoms with Crippen molar-refractivity contribution in [3.63, 3.8) is 0 Å². The van der Waals surface area contributed by atoms with Crippen LogP contribution < -0.4 is 5.73 Å². The molecule has 0 amide bonds. The Morgan fingerprint density at radius 3 is 2.06 bits per heavy atom. The number of nitrogens with zero attached hydrogens (tertiary/aromatic N) is 1. The Hall–Kier alpha value is -0.0800. The van der Waals surface area contributed by atoms with Gasteiger partial charge in [-0.1, -0.05) is 19.3 Å². The van der Waals surface area contributed by atoms with E-state index >= 15 is 0 Å². The lowest BCUT2D eigenvalue weighted by atomic mass is 9.68. The first-order chi connectivity index (χ1) is 8.76. The quantitative estimate of drug-likeness (QED) is 0.830. The molecule has 0 atom stereocenters. The number of nitrogens with two attached hydrogens (primary N) is 1. The third-order valence-electron chi connectivity index (χ3n) is 6.02. The van der Waals surface area contributed by atoms with Gasteiger partial charge in [-0.25, -0.2) is 0 Å². The fourth-order valence-electron chi connectivity index (χ4n) is 4.43. The van der Waals surface area contributed by atoms with E-state index in [2.05, 4.69) is 4.90 Å². The summed E-state index contributed by atoms with van der Waals surface area (Å²) in [6.45, 7) is 4.97. The summed E-state index contributed by atoms with van der Waals surface area (Å²) in [6, 6.07) is 0. The number of hydrogen-bond donors (Lipinski definition) is 1. The molecule has 0 radical (unpaired) electrons. The van der Waals surface area contributed by atoms with Gasteiger partial charge in [-0.15, -0.1) is 0 Å². The lowest BCUT2D eigenvalue weighted by molar-refractivity contribution is 0.0564. The molecular formula is C16H30N2. The SMILES string of the molecule is NCCC1(CN2CCC3(CCCCC3)CC2)CC1. The van der Waals surface area contributed by atoms with Gasteiger partial charge in [-0.2, -0.15) is 0 Å². The van der Waals surface area contributed by atoms with E-state index in [1.807, 2.05) is 0 Å². The van der Waals surface area contributed by atoms with Crippen LogP contribution in [0.3, 0.4) is 0 Å². The summed E-state index contributed by atoms with van der Waals surface area (Å²) in [7, 11) is 0. The van der Waals surface area contributed by atoms with Gasteiger partial charge in [0.1, 0.15) is 0 Å². The van der Waals surface area contributed by atoms with Gasteiger partial charge in [0.15, 0.2) is 0 Å². The van der Waals surface area contributed by atoms with Crippen molar-refractivity contribution < 1.29 is 0 Å². The molecule has 18 heavy (non-hydrogen) atoms. The number of piperidine rings is 1. The fraction of sp³-hybridized carbons (Fsp3) is 1.00. The smallest absolute Gasteiger partial charge is 0.00385 e. The molecule has 2 nitrogen and oxygen atoms in total. The first-order valence-electron chi connectivity index (χ1n) is 8.19. The Morgan fingerprint density at radius 2 is 1.50 bits per heavy atom. The van der Waals surface area contributed by atoms with Crippen molar-refractivity contribution in [2.75, 3.05) is 26.2 Å². The van der Waals surface area contributed by atoms with Crippen LogP contribution in [0.25, 0.3) is 0 Å². The molecule has 0 aromatic heterocycles. The molecule has 0 aromatic rings. The average molecular weight is 250 g/mol. The molecule has 2 saturated carbocycles. The van der Waals surface area contributed by atoms with Gasteiger partial charge < -0.3 is 10.6 Å². The molecule has 0 bridgehead atoms. The Morgan fingerprint density at radius 1 is 0.833 bits per heavy atom. The predicted octanol–water partition coefficient (Wildman–Crippen LogP) is 3.16. The monoisotopic (exact) mass is 250 g/mol. The maximum absolute atomic E-state index is 5.75. The van der Waals surface area contributed by atoms with Crippen molar-refractivity contribution >= 4 is 0 Å². The number of likely N-dealkylation sites (tertiary alicyclic amines) is 1. The third-order valence-corrected chi connectivity index (χ3v) is 6.02. The van der Waals surface area contributed by atoms with E-state index in [0.29, 0.717) is 5.41 Å². The summed E-state index contributed by atoms with van der Waals surface area (Å²) in [5, 5.41) is 0. The zero-order valence-electron chi connectivity index (χ0n) is 11.9. The second-order valence-corrected chi connectivity index (χ2v) is 7.38. The minimum atomic E-state index is 0.645. The largest absolute Gasteiger partial charge is 0.330 e. The van der Waals surface area contributed by atoms with Crippen LogP contribution in [0.15, 0.2) is 0 Å². The highest BCUT2D eigenvalue weighted by Gasteiger charge is 2.44. The van der Waals surface area contributed by atoms with Gasteiger partial charge in [0.05, 0.1) is 0 Å². The summed E-state index contributed by atoms with van der Waals surface area (Å²) in [4.78, 5) is 2.75. The molecule has 1 spiro atoms. The first-order valence-corrected chi connectivity index (χ1v) is 8.19. The van der Waals surface area contributed by atoms with Gasteiger partial charge in [0, 0.05) is 6.54 Å². The van der Waals surface area contributed by atoms with Crippen molar-refractivity contribution in [2.24, 2.45) is 16.6 Å². The molecule has 1 saturated heterocycles. The van der Waals surface area contributed by atoms with Crippen LogP contribution in [0.4, 0.5) is 0 Å². The van der Waals surface area contributed by atoms with Crippen LogP contribution in [0.5, 0.6) is 0 Å². The van der Waals surface area contributed by atoms with Crippen LogP contribution in [-0.4, -0.2) is 31.1 Å². The molecule has 104 valence electrons. The normalized spacial score (nSPS) is 30.5. The zero-order valence-corrected chi connectivity index (χ0v) is 11.9. The van der Waals surface area contributed by atoms with E-state index in [-0.39, 0.29) is 0 Å². The Labute approximate surface area is 112 Å². The van der Waals surface area contributed by atoms with Gasteiger partial charge in [-0.05, 0) is 75.4 Å². The first kappa shape index (κ1) is 12.9. The molecule has 3 rings (SSSR count). The van der Waals surface area contributed by atoms with Gasteiger partial charge in [0.2, 0.25) is 0 Å². The molecule has 2 heteroatoms. The summed E-state index contributed by atoms with van der Waals surface area (Å²) >= 11 is 0. The van der Waals surface area contributed by atoms with Crippen LogP contribution >= 0.6 is 0 Å². The second-order valence-electron chi connectivity index (χ2n) is 7.38. The highest BCUT2D eigenvalue weighted by Crippen LogP contribution is 2.50. The third kappa shape index (κ3) is 2.75. The molecule has 0 unspecified atom stereocenters. The molecule has 2 N–H and O–H groups in total. The molecule has 2 aliphatic carbocycles. The van der Waals surface area contributed by atoms with Crippen LogP contribution in [0, 0.1) is 10.8 Å². The molecule has 1 heterocycles. The predicted molar refractivity (Wildman–Crippen MR) is 76.5 cm³/mol. The van der Waals surface area contributed by atoms with Crippen molar-refractivity contribution in [2.45, 2.75) is 64.2 Å². The lowest BCUT2D eigenvalue weighted by Gasteiger charge is -2.45. The Balaban J connectivity index is 1.48. The maximum atomic E-state index is 5.75. The van der Waals surface area contributed by atoms with Gasteiger partial charge >= 0.3 is 0 Å². The zero-order chi connectivity index (χ0) is 12.5. The van der Waals surface area contributed by atoms with Crippen LogP contribution in [0.2, 0.25) is 0 Å². The Bertz CT molecular complexity index is 267. The van der Waals surface area contributed by atoms with E-state index in [1.54, 1.807) is 0 Å². The molecule has 3 fully saturated rings. The van der Waals surface area contributed by atoms with Crippen molar-refractivity contribution in [3.8, 4) is 0 Å². The van der Waals surface area contributed by atoms with E-state index in [0.717, 1.165) is 12.0 Å². The molecule has 3 aliphatic rings. The summed E-state index contributed by atoms with van der Waals surface area (Å²) in [5.74, 6) is 0. The fourth-order valence-corrected chi connectivity index (χ4v) is 4.43. The lowest BCUT2D eigenvalue weighted by Crippen LogP contribution is -2.43. The maximum Gasteiger partial charge on any atom is 0.00385 e. The second kappa shape index (κ2) is 5.13. The van der Waals surface area contributed by atoms with E-state index < -0.39 is 0 Å². The standard InChI is InChI=1S/C16H30N2/c17-11-8-16(6-7-16)14-18-12-9-15(10-13-18)4-2-1-3-5-15/h1-14,17H2. The topological polar surface area (TPSA) is 29.3 Å². The van der Waals surface area contributed by atoms with Crippen molar-refractivity contribution in [1.29, 1.82) is 0 Å². The summed E-state index contributed by atoms with van der Waals surface area (Å²) in [6.07, 6.45) is 14.6. The minimum Gasteiger partial charge on any atom is -0.330 e. The van der Waals surface area contributed by atoms with E-state index in [9.17, 15) is 0 Å². The summed E-state index contributed by atoms with van der Waals surface area (Å²) < 4.78 is 0. The van der Waals surface area contributed by atoms with Crippen LogP contribution in [0.1, 0.15) is 64.2 Å². The van der Waals surface area contributed by atoms with E-state index in [4.69, 9.17) is 5.73 Å².